The third-order valence-corrected chi connectivity index (χ3v) is 4.02. The lowest BCUT2D eigenvalue weighted by atomic mass is 10.1. The summed E-state index contributed by atoms with van der Waals surface area (Å²) in [6.45, 7) is 0.483. The molecule has 1 aliphatic rings. The smallest absolute Gasteiger partial charge is 0.303 e. The van der Waals surface area contributed by atoms with Crippen LogP contribution >= 0.6 is 11.6 Å². The molecule has 1 aromatic rings. The van der Waals surface area contributed by atoms with Gasteiger partial charge in [0.05, 0.1) is 0 Å². The van der Waals surface area contributed by atoms with E-state index in [1.54, 1.807) is 11.9 Å². The van der Waals surface area contributed by atoms with E-state index in [-0.39, 0.29) is 24.2 Å². The number of carbonyl (C=O) groups excluding carboxylic acids is 1. The lowest BCUT2D eigenvalue weighted by Crippen LogP contribution is -2.29. The maximum Gasteiger partial charge on any atom is 0.303 e. The molecule has 0 radical (unpaired) electrons. The molecular weight excluding hydrogens is 278 g/mol. The van der Waals surface area contributed by atoms with E-state index >= 15 is 0 Å². The molecule has 1 amide bonds. The van der Waals surface area contributed by atoms with Crippen LogP contribution in [-0.4, -0.2) is 35.5 Å². The summed E-state index contributed by atoms with van der Waals surface area (Å²) in [6, 6.07) is 7.61. The van der Waals surface area contributed by atoms with Gasteiger partial charge in [-0.3, -0.25) is 9.59 Å². The lowest BCUT2D eigenvalue weighted by Gasteiger charge is -2.16. The molecule has 1 N–H and O–H groups in total. The molecule has 20 heavy (non-hydrogen) atoms. The monoisotopic (exact) mass is 295 g/mol. The molecule has 0 unspecified atom stereocenters. The minimum atomic E-state index is -0.828. The Balaban J connectivity index is 1.86. The van der Waals surface area contributed by atoms with Gasteiger partial charge in [-0.2, -0.15) is 0 Å². The third kappa shape index (κ3) is 3.51. The van der Waals surface area contributed by atoms with Crippen molar-refractivity contribution in [2.75, 3.05) is 13.6 Å². The van der Waals surface area contributed by atoms with Gasteiger partial charge < -0.3 is 10.0 Å². The topological polar surface area (TPSA) is 57.6 Å². The van der Waals surface area contributed by atoms with E-state index < -0.39 is 5.97 Å². The van der Waals surface area contributed by atoms with Crippen LogP contribution < -0.4 is 0 Å². The van der Waals surface area contributed by atoms with Gasteiger partial charge in [-0.1, -0.05) is 29.8 Å². The van der Waals surface area contributed by atoms with Gasteiger partial charge in [0, 0.05) is 31.0 Å². The second kappa shape index (κ2) is 6.27. The van der Waals surface area contributed by atoms with Crippen molar-refractivity contribution in [1.82, 2.24) is 4.90 Å². The molecule has 4 nitrogen and oxygen atoms in total. The van der Waals surface area contributed by atoms with E-state index in [1.807, 2.05) is 24.3 Å². The van der Waals surface area contributed by atoms with Crippen LogP contribution in [0.15, 0.2) is 24.3 Å². The number of halogens is 1. The van der Waals surface area contributed by atoms with Crippen molar-refractivity contribution >= 4 is 23.5 Å². The van der Waals surface area contributed by atoms with Gasteiger partial charge in [0.2, 0.25) is 5.91 Å². The average molecular weight is 296 g/mol. The van der Waals surface area contributed by atoms with E-state index in [1.165, 1.54) is 0 Å². The van der Waals surface area contributed by atoms with Gasteiger partial charge in [0.25, 0.3) is 0 Å². The summed E-state index contributed by atoms with van der Waals surface area (Å²) in [4.78, 5) is 24.3. The van der Waals surface area contributed by atoms with Crippen molar-refractivity contribution in [3.8, 4) is 0 Å². The second-order valence-corrected chi connectivity index (χ2v) is 5.63. The molecule has 0 bridgehead atoms. The molecular formula is C15H18ClNO3. The number of carboxylic acid groups (broad SMARTS) is 1. The summed E-state index contributed by atoms with van der Waals surface area (Å²) in [5.74, 6) is -0.547. The highest BCUT2D eigenvalue weighted by Crippen LogP contribution is 2.50. The number of amides is 1. The van der Waals surface area contributed by atoms with Crippen molar-refractivity contribution in [1.29, 1.82) is 0 Å². The van der Waals surface area contributed by atoms with E-state index in [2.05, 4.69) is 0 Å². The Kier molecular flexibility index (Phi) is 4.65. The normalized spacial score (nSPS) is 20.5. The molecule has 0 heterocycles. The predicted octanol–water partition coefficient (Wildman–Crippen LogP) is 2.77. The zero-order valence-electron chi connectivity index (χ0n) is 11.4. The van der Waals surface area contributed by atoms with Crippen LogP contribution in [0, 0.1) is 5.92 Å². The van der Waals surface area contributed by atoms with Gasteiger partial charge in [-0.25, -0.2) is 0 Å². The number of aliphatic carboxylic acids is 1. The van der Waals surface area contributed by atoms with Crippen molar-refractivity contribution in [2.24, 2.45) is 5.92 Å². The quantitative estimate of drug-likeness (QED) is 0.878. The largest absolute Gasteiger partial charge is 0.481 e. The lowest BCUT2D eigenvalue weighted by molar-refractivity contribution is -0.138. The summed E-state index contributed by atoms with van der Waals surface area (Å²) in [5.41, 5.74) is 1.03. The Morgan fingerprint density at radius 3 is 2.75 bits per heavy atom. The maximum atomic E-state index is 12.2. The Labute approximate surface area is 123 Å². The zero-order chi connectivity index (χ0) is 14.7. The molecule has 2 rings (SSSR count). The van der Waals surface area contributed by atoms with E-state index in [0.717, 1.165) is 12.0 Å². The number of benzene rings is 1. The molecule has 0 spiro atoms. The molecule has 1 saturated carbocycles. The summed E-state index contributed by atoms with van der Waals surface area (Å²) >= 11 is 6.14. The molecule has 1 aliphatic carbocycles. The molecule has 0 saturated heterocycles. The van der Waals surface area contributed by atoms with Crippen LogP contribution in [0.2, 0.25) is 5.02 Å². The van der Waals surface area contributed by atoms with Gasteiger partial charge in [-0.05, 0) is 30.4 Å². The Morgan fingerprint density at radius 1 is 1.40 bits per heavy atom. The fourth-order valence-corrected chi connectivity index (χ4v) is 2.72. The highest BCUT2D eigenvalue weighted by Gasteiger charge is 2.45. The Hall–Kier alpha value is -1.55. The summed E-state index contributed by atoms with van der Waals surface area (Å²) in [7, 11) is 1.73. The molecule has 0 aromatic heterocycles. The minimum absolute atomic E-state index is 0.00951. The van der Waals surface area contributed by atoms with Crippen molar-refractivity contribution < 1.29 is 14.7 Å². The first-order valence-electron chi connectivity index (χ1n) is 6.72. The summed E-state index contributed by atoms with van der Waals surface area (Å²) in [6.07, 6.45) is 1.41. The molecule has 2 atom stereocenters. The minimum Gasteiger partial charge on any atom is -0.481 e. The summed E-state index contributed by atoms with van der Waals surface area (Å²) < 4.78 is 0. The van der Waals surface area contributed by atoms with Crippen molar-refractivity contribution in [3.05, 3.63) is 34.9 Å². The van der Waals surface area contributed by atoms with E-state index in [4.69, 9.17) is 16.7 Å². The number of hydrogen-bond donors (Lipinski definition) is 1. The van der Waals surface area contributed by atoms with Crippen LogP contribution in [0.1, 0.15) is 30.7 Å². The zero-order valence-corrected chi connectivity index (χ0v) is 12.1. The first-order chi connectivity index (χ1) is 9.50. The standard InChI is InChI=1S/C15H18ClNO3/c1-17(8-4-7-14(18)19)15(20)12-9-11(12)10-5-2-3-6-13(10)16/h2-3,5-6,11-12H,4,7-9H2,1H3,(H,18,19)/t11-,12-/m1/s1. The van der Waals surface area contributed by atoms with Gasteiger partial charge in [0.1, 0.15) is 0 Å². The van der Waals surface area contributed by atoms with Crippen LogP contribution in [0.3, 0.4) is 0 Å². The number of carbonyl (C=O) groups is 2. The number of nitrogens with zero attached hydrogens (tertiary/aromatic N) is 1. The number of rotatable bonds is 6. The second-order valence-electron chi connectivity index (χ2n) is 5.23. The fraction of sp³-hybridized carbons (Fsp3) is 0.467. The van der Waals surface area contributed by atoms with Gasteiger partial charge >= 0.3 is 5.97 Å². The van der Waals surface area contributed by atoms with Crippen LogP contribution in [-0.2, 0) is 9.59 Å². The van der Waals surface area contributed by atoms with Crippen molar-refractivity contribution in [2.45, 2.75) is 25.2 Å². The predicted molar refractivity (Wildman–Crippen MR) is 76.8 cm³/mol. The van der Waals surface area contributed by atoms with Crippen LogP contribution in [0.4, 0.5) is 0 Å². The van der Waals surface area contributed by atoms with Gasteiger partial charge in [0.15, 0.2) is 0 Å². The van der Waals surface area contributed by atoms with Gasteiger partial charge in [-0.15, -0.1) is 0 Å². The third-order valence-electron chi connectivity index (χ3n) is 3.67. The van der Waals surface area contributed by atoms with Crippen LogP contribution in [0.25, 0.3) is 0 Å². The maximum absolute atomic E-state index is 12.2. The SMILES string of the molecule is CN(CCCC(=O)O)C(=O)[C@@H]1C[C@@H]1c1ccccc1Cl. The Morgan fingerprint density at radius 2 is 2.10 bits per heavy atom. The first kappa shape index (κ1) is 14.9. The van der Waals surface area contributed by atoms with Crippen LogP contribution in [0.5, 0.6) is 0 Å². The number of hydrogen-bond acceptors (Lipinski definition) is 2. The van der Waals surface area contributed by atoms with E-state index in [0.29, 0.717) is 18.0 Å². The first-order valence-corrected chi connectivity index (χ1v) is 7.09. The fourth-order valence-electron chi connectivity index (χ4n) is 2.45. The van der Waals surface area contributed by atoms with E-state index in [9.17, 15) is 9.59 Å². The molecule has 1 aromatic carbocycles. The highest BCUT2D eigenvalue weighted by molar-refractivity contribution is 6.31. The molecule has 5 heteroatoms. The highest BCUT2D eigenvalue weighted by atomic mass is 35.5. The van der Waals surface area contributed by atoms with Crippen molar-refractivity contribution in [3.63, 3.8) is 0 Å². The Bertz CT molecular complexity index is 518. The molecule has 0 aliphatic heterocycles. The molecule has 1 fully saturated rings. The summed E-state index contributed by atoms with van der Waals surface area (Å²) in [5, 5.41) is 9.30. The molecule has 108 valence electrons. The number of carboxylic acids is 1. The average Bonchev–Trinajstić information content (AvgIpc) is 3.18.